The molecule has 0 aliphatic heterocycles. The molecule has 3 heteroatoms. The third-order valence-electron chi connectivity index (χ3n) is 4.62. The molecule has 1 fully saturated rings. The molecule has 0 saturated heterocycles. The summed E-state index contributed by atoms with van der Waals surface area (Å²) in [5.74, 6) is 0.738. The van der Waals surface area contributed by atoms with Crippen molar-refractivity contribution in [2.75, 3.05) is 13.7 Å². The highest BCUT2D eigenvalue weighted by Crippen LogP contribution is 2.52. The molecule has 1 aliphatic carbocycles. The van der Waals surface area contributed by atoms with Gasteiger partial charge in [0.15, 0.2) is 0 Å². The SMILES string of the molecule is COc1ccccc1C(C)(O)C1(CN)CCCC1. The van der Waals surface area contributed by atoms with Gasteiger partial charge in [0, 0.05) is 17.5 Å². The van der Waals surface area contributed by atoms with Gasteiger partial charge in [-0.2, -0.15) is 0 Å². The fourth-order valence-electron chi connectivity index (χ4n) is 3.27. The van der Waals surface area contributed by atoms with Crippen LogP contribution in [0.5, 0.6) is 5.75 Å². The zero-order valence-corrected chi connectivity index (χ0v) is 11.3. The van der Waals surface area contributed by atoms with E-state index in [0.29, 0.717) is 6.54 Å². The van der Waals surface area contributed by atoms with Crippen LogP contribution in [0.15, 0.2) is 24.3 Å². The van der Waals surface area contributed by atoms with Crippen LogP contribution < -0.4 is 10.5 Å². The van der Waals surface area contributed by atoms with Crippen molar-refractivity contribution in [3.8, 4) is 5.75 Å². The van der Waals surface area contributed by atoms with E-state index in [1.807, 2.05) is 31.2 Å². The van der Waals surface area contributed by atoms with Crippen molar-refractivity contribution in [2.24, 2.45) is 11.1 Å². The maximum atomic E-state index is 11.1. The third-order valence-corrected chi connectivity index (χ3v) is 4.62. The van der Waals surface area contributed by atoms with Crippen molar-refractivity contribution >= 4 is 0 Å². The minimum atomic E-state index is -0.940. The van der Waals surface area contributed by atoms with Crippen molar-refractivity contribution in [3.05, 3.63) is 29.8 Å². The van der Waals surface area contributed by atoms with Gasteiger partial charge in [-0.15, -0.1) is 0 Å². The molecule has 1 aromatic rings. The molecule has 1 saturated carbocycles. The second-order valence-electron chi connectivity index (χ2n) is 5.46. The van der Waals surface area contributed by atoms with E-state index in [0.717, 1.165) is 37.0 Å². The molecule has 0 aromatic heterocycles. The van der Waals surface area contributed by atoms with Gasteiger partial charge in [-0.25, -0.2) is 0 Å². The number of hydrogen-bond donors (Lipinski definition) is 2. The molecule has 1 aromatic carbocycles. The van der Waals surface area contributed by atoms with Crippen molar-refractivity contribution in [2.45, 2.75) is 38.2 Å². The summed E-state index contributed by atoms with van der Waals surface area (Å²) in [7, 11) is 1.64. The Morgan fingerprint density at radius 2 is 1.94 bits per heavy atom. The van der Waals surface area contributed by atoms with Crippen LogP contribution in [0.3, 0.4) is 0 Å². The molecule has 1 aliphatic rings. The maximum absolute atomic E-state index is 11.1. The molecular weight excluding hydrogens is 226 g/mol. The average Bonchev–Trinajstić information content (AvgIpc) is 2.89. The Bertz CT molecular complexity index is 409. The summed E-state index contributed by atoms with van der Waals surface area (Å²) in [4.78, 5) is 0. The molecule has 3 N–H and O–H groups in total. The fourth-order valence-corrected chi connectivity index (χ4v) is 3.27. The Hall–Kier alpha value is -1.06. The lowest BCUT2D eigenvalue weighted by atomic mass is 9.68. The standard InChI is InChI=1S/C15H23NO2/c1-14(17,15(11-16)9-5-6-10-15)12-7-3-4-8-13(12)18-2/h3-4,7-8,17H,5-6,9-11,16H2,1-2H3. The highest BCUT2D eigenvalue weighted by molar-refractivity contribution is 5.39. The van der Waals surface area contributed by atoms with Crippen molar-refractivity contribution < 1.29 is 9.84 Å². The van der Waals surface area contributed by atoms with E-state index >= 15 is 0 Å². The molecule has 0 bridgehead atoms. The maximum Gasteiger partial charge on any atom is 0.124 e. The van der Waals surface area contributed by atoms with Gasteiger partial charge >= 0.3 is 0 Å². The summed E-state index contributed by atoms with van der Waals surface area (Å²) in [6.07, 6.45) is 4.24. The normalized spacial score (nSPS) is 21.6. The molecule has 0 spiro atoms. The number of methoxy groups -OCH3 is 1. The van der Waals surface area contributed by atoms with Crippen LogP contribution in [-0.4, -0.2) is 18.8 Å². The van der Waals surface area contributed by atoms with Crippen molar-refractivity contribution in [3.63, 3.8) is 0 Å². The molecule has 1 unspecified atom stereocenters. The number of nitrogens with two attached hydrogens (primary N) is 1. The highest BCUT2D eigenvalue weighted by Gasteiger charge is 2.49. The van der Waals surface area contributed by atoms with Crippen LogP contribution in [0.4, 0.5) is 0 Å². The number of ether oxygens (including phenoxy) is 1. The lowest BCUT2D eigenvalue weighted by Gasteiger charge is -2.43. The van der Waals surface area contributed by atoms with E-state index in [4.69, 9.17) is 10.5 Å². The van der Waals surface area contributed by atoms with Crippen LogP contribution in [-0.2, 0) is 5.60 Å². The summed E-state index contributed by atoms with van der Waals surface area (Å²) in [5, 5.41) is 11.1. The summed E-state index contributed by atoms with van der Waals surface area (Å²) in [6.45, 7) is 2.39. The number of aliphatic hydroxyl groups is 1. The predicted molar refractivity (Wildman–Crippen MR) is 72.5 cm³/mol. The monoisotopic (exact) mass is 249 g/mol. The Morgan fingerprint density at radius 3 is 2.50 bits per heavy atom. The lowest BCUT2D eigenvalue weighted by Crippen LogP contribution is -2.47. The lowest BCUT2D eigenvalue weighted by molar-refractivity contribution is -0.0707. The number of hydrogen-bond acceptors (Lipinski definition) is 3. The molecular formula is C15H23NO2. The summed E-state index contributed by atoms with van der Waals surface area (Å²) >= 11 is 0. The second kappa shape index (κ2) is 4.90. The van der Waals surface area contributed by atoms with Gasteiger partial charge in [-0.3, -0.25) is 0 Å². The molecule has 3 nitrogen and oxygen atoms in total. The van der Waals surface area contributed by atoms with Gasteiger partial charge < -0.3 is 15.6 Å². The highest BCUT2D eigenvalue weighted by atomic mass is 16.5. The molecule has 1 atom stereocenters. The number of benzene rings is 1. The van der Waals surface area contributed by atoms with Gasteiger partial charge in [0.1, 0.15) is 5.75 Å². The summed E-state index contributed by atoms with van der Waals surface area (Å²) in [6, 6.07) is 7.69. The molecule has 18 heavy (non-hydrogen) atoms. The summed E-state index contributed by atoms with van der Waals surface area (Å²) in [5.41, 5.74) is 5.67. The Balaban J connectivity index is 2.46. The number of para-hydroxylation sites is 1. The van der Waals surface area contributed by atoms with Crippen molar-refractivity contribution in [1.29, 1.82) is 0 Å². The van der Waals surface area contributed by atoms with Gasteiger partial charge in [-0.1, -0.05) is 31.0 Å². The quantitative estimate of drug-likeness (QED) is 0.861. The number of rotatable bonds is 4. The Morgan fingerprint density at radius 1 is 1.33 bits per heavy atom. The van der Waals surface area contributed by atoms with E-state index in [1.54, 1.807) is 7.11 Å². The van der Waals surface area contributed by atoms with E-state index in [-0.39, 0.29) is 5.41 Å². The molecule has 100 valence electrons. The zero-order chi connectivity index (χ0) is 13.2. The van der Waals surface area contributed by atoms with Crippen LogP contribution >= 0.6 is 0 Å². The van der Waals surface area contributed by atoms with E-state index in [2.05, 4.69) is 0 Å². The van der Waals surface area contributed by atoms with Crippen LogP contribution in [0.2, 0.25) is 0 Å². The molecule has 0 radical (unpaired) electrons. The smallest absolute Gasteiger partial charge is 0.124 e. The minimum Gasteiger partial charge on any atom is -0.496 e. The van der Waals surface area contributed by atoms with Crippen LogP contribution in [0.25, 0.3) is 0 Å². The first-order valence-corrected chi connectivity index (χ1v) is 6.63. The first-order chi connectivity index (χ1) is 8.57. The predicted octanol–water partition coefficient (Wildman–Crippen LogP) is 2.42. The Kier molecular flexibility index (Phi) is 3.64. The third kappa shape index (κ3) is 1.91. The summed E-state index contributed by atoms with van der Waals surface area (Å²) < 4.78 is 5.38. The minimum absolute atomic E-state index is 0.221. The van der Waals surface area contributed by atoms with Gasteiger partial charge in [0.2, 0.25) is 0 Å². The average molecular weight is 249 g/mol. The van der Waals surface area contributed by atoms with Crippen LogP contribution in [0.1, 0.15) is 38.2 Å². The van der Waals surface area contributed by atoms with E-state index < -0.39 is 5.60 Å². The van der Waals surface area contributed by atoms with Crippen LogP contribution in [0, 0.1) is 5.41 Å². The molecule has 0 amide bonds. The fraction of sp³-hybridized carbons (Fsp3) is 0.600. The van der Waals surface area contributed by atoms with E-state index in [1.165, 1.54) is 0 Å². The largest absolute Gasteiger partial charge is 0.496 e. The first-order valence-electron chi connectivity index (χ1n) is 6.63. The molecule has 2 rings (SSSR count). The van der Waals surface area contributed by atoms with Gasteiger partial charge in [0.25, 0.3) is 0 Å². The van der Waals surface area contributed by atoms with Gasteiger partial charge in [-0.05, 0) is 25.8 Å². The first kappa shape index (κ1) is 13.4. The topological polar surface area (TPSA) is 55.5 Å². The van der Waals surface area contributed by atoms with Crippen molar-refractivity contribution in [1.82, 2.24) is 0 Å². The zero-order valence-electron chi connectivity index (χ0n) is 11.3. The second-order valence-corrected chi connectivity index (χ2v) is 5.46. The van der Waals surface area contributed by atoms with Gasteiger partial charge in [0.05, 0.1) is 12.7 Å². The Labute approximate surface area is 109 Å². The van der Waals surface area contributed by atoms with E-state index in [9.17, 15) is 5.11 Å². The molecule has 0 heterocycles.